The molecule has 2 aromatic carbocycles. The van der Waals surface area contributed by atoms with Gasteiger partial charge in [-0.15, -0.1) is 5.10 Å². The highest BCUT2D eigenvalue weighted by Gasteiger charge is 2.28. The number of aromatic amines is 1. The quantitative estimate of drug-likeness (QED) is 0.459. The fraction of sp³-hybridized carbons (Fsp3) is 0.320. The first-order valence-corrected chi connectivity index (χ1v) is 11.6. The molecule has 0 spiro atoms. The Bertz CT molecular complexity index is 1410. The summed E-state index contributed by atoms with van der Waals surface area (Å²) >= 11 is 0. The Hall–Kier alpha value is -4.21. The van der Waals surface area contributed by atoms with E-state index >= 15 is 0 Å². The molecule has 10 heteroatoms. The van der Waals surface area contributed by atoms with Crippen molar-refractivity contribution in [3.05, 3.63) is 75.8 Å². The third-order valence-electron chi connectivity index (χ3n) is 6.29. The van der Waals surface area contributed by atoms with Gasteiger partial charge in [0.05, 0.1) is 19.3 Å². The molecule has 0 saturated carbocycles. The van der Waals surface area contributed by atoms with Crippen molar-refractivity contribution < 1.29 is 9.53 Å². The van der Waals surface area contributed by atoms with Crippen LogP contribution >= 0.6 is 0 Å². The summed E-state index contributed by atoms with van der Waals surface area (Å²) in [6.45, 7) is 3.56. The van der Waals surface area contributed by atoms with E-state index in [2.05, 4.69) is 20.6 Å². The van der Waals surface area contributed by atoms with Crippen LogP contribution in [0.15, 0.2) is 53.3 Å². The lowest BCUT2D eigenvalue weighted by atomic mass is 9.97. The number of piperidine rings is 1. The standard InChI is InChI=1S/C25H27N7O3/c1-16-9-11-17(12-10-16)14-32-23-21(29-30-32)24(33)28-22(27-23)18-6-5-13-31(15-18)25(34)26-19-7-3-4-8-20(19)35-2/h3-4,7-12,18H,5-6,13-15H2,1-2H3,(H,26,34)(H,27,28,33)/t18-/m0/s1. The van der Waals surface area contributed by atoms with Crippen LogP contribution in [0.2, 0.25) is 0 Å². The number of likely N-dealkylation sites (tertiary alicyclic amines) is 1. The monoisotopic (exact) mass is 473 g/mol. The molecule has 2 amide bonds. The largest absolute Gasteiger partial charge is 0.495 e. The molecule has 5 rings (SSSR count). The Kier molecular flexibility index (Phi) is 6.17. The molecule has 0 aliphatic carbocycles. The van der Waals surface area contributed by atoms with E-state index in [9.17, 15) is 9.59 Å². The predicted octanol–water partition coefficient (Wildman–Crippen LogP) is 3.29. The molecule has 2 N–H and O–H groups in total. The van der Waals surface area contributed by atoms with Gasteiger partial charge >= 0.3 is 6.03 Å². The summed E-state index contributed by atoms with van der Waals surface area (Å²) in [7, 11) is 1.57. The molecule has 1 fully saturated rings. The van der Waals surface area contributed by atoms with E-state index in [0.29, 0.717) is 42.5 Å². The van der Waals surface area contributed by atoms with Crippen LogP contribution in [0.4, 0.5) is 10.5 Å². The second-order valence-corrected chi connectivity index (χ2v) is 8.77. The average Bonchev–Trinajstić information content (AvgIpc) is 3.29. The van der Waals surface area contributed by atoms with Crippen LogP contribution in [-0.2, 0) is 6.54 Å². The molecule has 1 atom stereocenters. The van der Waals surface area contributed by atoms with Crippen molar-refractivity contribution in [2.75, 3.05) is 25.5 Å². The molecule has 35 heavy (non-hydrogen) atoms. The first-order chi connectivity index (χ1) is 17.0. The summed E-state index contributed by atoms with van der Waals surface area (Å²) in [5.41, 5.74) is 3.16. The number of hydrogen-bond acceptors (Lipinski definition) is 6. The Labute approximate surface area is 201 Å². The van der Waals surface area contributed by atoms with E-state index in [1.54, 1.807) is 28.8 Å². The summed E-state index contributed by atoms with van der Waals surface area (Å²) in [6, 6.07) is 15.2. The zero-order valence-corrected chi connectivity index (χ0v) is 19.7. The zero-order chi connectivity index (χ0) is 24.4. The summed E-state index contributed by atoms with van der Waals surface area (Å²) in [5, 5.41) is 11.1. The highest BCUT2D eigenvalue weighted by molar-refractivity contribution is 5.91. The van der Waals surface area contributed by atoms with Crippen molar-refractivity contribution in [2.24, 2.45) is 0 Å². The number of carbonyl (C=O) groups is 1. The number of urea groups is 1. The van der Waals surface area contributed by atoms with Crippen molar-refractivity contribution >= 4 is 22.9 Å². The average molecular weight is 474 g/mol. The van der Waals surface area contributed by atoms with Crippen molar-refractivity contribution in [3.8, 4) is 5.75 Å². The number of aromatic nitrogens is 5. The highest BCUT2D eigenvalue weighted by Crippen LogP contribution is 2.27. The number of anilines is 1. The lowest BCUT2D eigenvalue weighted by Crippen LogP contribution is -2.42. The summed E-state index contributed by atoms with van der Waals surface area (Å²) in [6.07, 6.45) is 1.61. The van der Waals surface area contributed by atoms with E-state index in [1.165, 1.54) is 5.56 Å². The van der Waals surface area contributed by atoms with Crippen molar-refractivity contribution in [2.45, 2.75) is 32.2 Å². The molecule has 0 radical (unpaired) electrons. The van der Waals surface area contributed by atoms with E-state index in [0.717, 1.165) is 18.4 Å². The molecular formula is C25H27N7O3. The highest BCUT2D eigenvalue weighted by atomic mass is 16.5. The molecule has 1 aliphatic heterocycles. The third kappa shape index (κ3) is 4.72. The summed E-state index contributed by atoms with van der Waals surface area (Å²) in [5.74, 6) is 1.04. The lowest BCUT2D eigenvalue weighted by Gasteiger charge is -2.32. The van der Waals surface area contributed by atoms with Gasteiger partial charge in [0, 0.05) is 19.0 Å². The van der Waals surface area contributed by atoms with Gasteiger partial charge in [0.1, 0.15) is 11.6 Å². The normalized spacial score (nSPS) is 15.8. The summed E-state index contributed by atoms with van der Waals surface area (Å²) < 4.78 is 6.98. The Balaban J connectivity index is 1.37. The molecule has 0 bridgehead atoms. The fourth-order valence-electron chi connectivity index (χ4n) is 4.38. The number of rotatable bonds is 5. The smallest absolute Gasteiger partial charge is 0.321 e. The van der Waals surface area contributed by atoms with E-state index in [4.69, 9.17) is 9.72 Å². The van der Waals surface area contributed by atoms with Gasteiger partial charge in [-0.1, -0.05) is 47.2 Å². The van der Waals surface area contributed by atoms with Gasteiger partial charge in [-0.3, -0.25) is 4.79 Å². The van der Waals surface area contributed by atoms with Gasteiger partial charge in [-0.25, -0.2) is 14.5 Å². The van der Waals surface area contributed by atoms with Gasteiger partial charge in [0.2, 0.25) is 0 Å². The molecule has 2 aromatic heterocycles. The van der Waals surface area contributed by atoms with Crippen LogP contribution in [0, 0.1) is 6.92 Å². The predicted molar refractivity (Wildman–Crippen MR) is 132 cm³/mol. The fourth-order valence-corrected chi connectivity index (χ4v) is 4.38. The Morgan fingerprint density at radius 2 is 2.00 bits per heavy atom. The van der Waals surface area contributed by atoms with Gasteiger partial charge in [-0.2, -0.15) is 0 Å². The number of para-hydroxylation sites is 2. The second kappa shape index (κ2) is 9.57. The zero-order valence-electron chi connectivity index (χ0n) is 19.7. The number of amides is 2. The molecule has 180 valence electrons. The maximum atomic E-state index is 13.0. The molecule has 0 unspecified atom stereocenters. The number of hydrogen-bond donors (Lipinski definition) is 2. The molecule has 3 heterocycles. The van der Waals surface area contributed by atoms with Crippen molar-refractivity contribution in [3.63, 3.8) is 0 Å². The van der Waals surface area contributed by atoms with E-state index in [1.807, 2.05) is 43.3 Å². The maximum Gasteiger partial charge on any atom is 0.321 e. The van der Waals surface area contributed by atoms with E-state index in [-0.39, 0.29) is 23.0 Å². The van der Waals surface area contributed by atoms with Crippen LogP contribution in [0.1, 0.15) is 35.7 Å². The minimum Gasteiger partial charge on any atom is -0.495 e. The molecule has 1 saturated heterocycles. The number of methoxy groups -OCH3 is 1. The van der Waals surface area contributed by atoms with Crippen LogP contribution < -0.4 is 15.6 Å². The number of benzene rings is 2. The number of H-pyrrole nitrogens is 1. The molecule has 1 aliphatic rings. The number of nitrogens with one attached hydrogen (secondary N) is 2. The van der Waals surface area contributed by atoms with Crippen molar-refractivity contribution in [1.82, 2.24) is 29.9 Å². The first kappa shape index (κ1) is 22.6. The SMILES string of the molecule is COc1ccccc1NC(=O)N1CCC[C@H](c2nc3c(nnn3Cc3ccc(C)cc3)c(=O)[nH]2)C1. The van der Waals surface area contributed by atoms with Gasteiger partial charge < -0.3 is 19.9 Å². The molecular weight excluding hydrogens is 446 g/mol. The Morgan fingerprint density at radius 1 is 1.20 bits per heavy atom. The summed E-state index contributed by atoms with van der Waals surface area (Å²) in [4.78, 5) is 35.1. The molecule has 10 nitrogen and oxygen atoms in total. The van der Waals surface area contributed by atoms with Crippen LogP contribution in [0.5, 0.6) is 5.75 Å². The lowest BCUT2D eigenvalue weighted by molar-refractivity contribution is 0.191. The van der Waals surface area contributed by atoms with Gasteiger partial charge in [-0.05, 0) is 37.5 Å². The first-order valence-electron chi connectivity index (χ1n) is 11.6. The Morgan fingerprint density at radius 3 is 2.80 bits per heavy atom. The number of ether oxygens (including phenoxy) is 1. The van der Waals surface area contributed by atoms with Gasteiger partial charge in [0.15, 0.2) is 11.2 Å². The third-order valence-corrected chi connectivity index (χ3v) is 6.29. The maximum absolute atomic E-state index is 13.0. The van der Waals surface area contributed by atoms with Crippen LogP contribution in [-0.4, -0.2) is 56.1 Å². The van der Waals surface area contributed by atoms with Gasteiger partial charge in [0.25, 0.3) is 5.56 Å². The topological polar surface area (TPSA) is 118 Å². The number of aryl methyl sites for hydroxylation is 1. The molecule has 4 aromatic rings. The minimum absolute atomic E-state index is 0.105. The number of carbonyl (C=O) groups excluding carboxylic acids is 1. The number of fused-ring (bicyclic) bond motifs is 1. The van der Waals surface area contributed by atoms with Crippen molar-refractivity contribution in [1.29, 1.82) is 0 Å². The number of nitrogens with zero attached hydrogens (tertiary/aromatic N) is 5. The minimum atomic E-state index is -0.323. The van der Waals surface area contributed by atoms with E-state index < -0.39 is 0 Å². The van der Waals surface area contributed by atoms with Crippen LogP contribution in [0.3, 0.4) is 0 Å². The van der Waals surface area contributed by atoms with Crippen LogP contribution in [0.25, 0.3) is 11.2 Å². The second-order valence-electron chi connectivity index (χ2n) is 8.77.